The SMILES string of the molecule is COc1cc(F)cc2c1Oc1ccccc1N=C2c1ccc(C(=O)NO)cc1. The second kappa shape index (κ2) is 7.13. The Morgan fingerprint density at radius 3 is 2.61 bits per heavy atom. The predicted octanol–water partition coefficient (Wildman–Crippen LogP) is 4.23. The molecular weight excluding hydrogens is 363 g/mol. The topological polar surface area (TPSA) is 80.2 Å². The van der Waals surface area contributed by atoms with Crippen LogP contribution in [0.5, 0.6) is 17.2 Å². The van der Waals surface area contributed by atoms with Crippen molar-refractivity contribution in [2.45, 2.75) is 0 Å². The molecule has 2 N–H and O–H groups in total. The van der Waals surface area contributed by atoms with E-state index in [0.717, 1.165) is 0 Å². The van der Waals surface area contributed by atoms with E-state index in [2.05, 4.69) is 4.99 Å². The van der Waals surface area contributed by atoms with Crippen LogP contribution < -0.4 is 15.0 Å². The molecule has 0 fully saturated rings. The summed E-state index contributed by atoms with van der Waals surface area (Å²) < 4.78 is 25.6. The summed E-state index contributed by atoms with van der Waals surface area (Å²) in [6, 6.07) is 16.2. The number of hydrogen-bond acceptors (Lipinski definition) is 5. The number of ether oxygens (including phenoxy) is 2. The smallest absolute Gasteiger partial charge is 0.274 e. The lowest BCUT2D eigenvalue weighted by Crippen LogP contribution is -2.18. The number of rotatable bonds is 3. The summed E-state index contributed by atoms with van der Waals surface area (Å²) in [6.07, 6.45) is 0. The zero-order valence-electron chi connectivity index (χ0n) is 14.8. The summed E-state index contributed by atoms with van der Waals surface area (Å²) in [5, 5.41) is 8.78. The highest BCUT2D eigenvalue weighted by Crippen LogP contribution is 2.43. The Morgan fingerprint density at radius 2 is 1.89 bits per heavy atom. The number of amides is 1. The molecule has 3 aromatic carbocycles. The van der Waals surface area contributed by atoms with Crippen LogP contribution in [0.2, 0.25) is 0 Å². The summed E-state index contributed by atoms with van der Waals surface area (Å²) in [5.41, 5.74) is 3.97. The average Bonchev–Trinajstić information content (AvgIpc) is 2.89. The van der Waals surface area contributed by atoms with Crippen molar-refractivity contribution in [2.75, 3.05) is 7.11 Å². The number of nitrogens with one attached hydrogen (secondary N) is 1. The number of para-hydroxylation sites is 2. The Balaban J connectivity index is 1.94. The quantitative estimate of drug-likeness (QED) is 0.413. The van der Waals surface area contributed by atoms with E-state index in [0.29, 0.717) is 34.0 Å². The van der Waals surface area contributed by atoms with Crippen LogP contribution in [0.1, 0.15) is 21.5 Å². The summed E-state index contributed by atoms with van der Waals surface area (Å²) in [6.45, 7) is 0. The zero-order valence-corrected chi connectivity index (χ0v) is 14.8. The molecule has 7 heteroatoms. The van der Waals surface area contributed by atoms with Crippen LogP contribution in [0.15, 0.2) is 65.7 Å². The number of halogens is 1. The second-order valence-corrected chi connectivity index (χ2v) is 6.03. The molecule has 1 aliphatic rings. The Labute approximate surface area is 159 Å². The molecule has 28 heavy (non-hydrogen) atoms. The van der Waals surface area contributed by atoms with Crippen molar-refractivity contribution in [3.8, 4) is 17.2 Å². The lowest BCUT2D eigenvalue weighted by molar-refractivity contribution is 0.0706. The molecule has 6 nitrogen and oxygen atoms in total. The average molecular weight is 378 g/mol. The zero-order chi connectivity index (χ0) is 19.7. The van der Waals surface area contributed by atoms with E-state index < -0.39 is 11.7 Å². The lowest BCUT2D eigenvalue weighted by atomic mass is 9.99. The van der Waals surface area contributed by atoms with Crippen molar-refractivity contribution < 1.29 is 23.9 Å². The summed E-state index contributed by atoms with van der Waals surface area (Å²) in [7, 11) is 1.44. The van der Waals surface area contributed by atoms with Gasteiger partial charge in [-0.05, 0) is 30.3 Å². The molecule has 4 rings (SSSR count). The van der Waals surface area contributed by atoms with Gasteiger partial charge in [0, 0.05) is 17.2 Å². The maximum Gasteiger partial charge on any atom is 0.274 e. The Morgan fingerprint density at radius 1 is 1.14 bits per heavy atom. The number of nitrogens with zero attached hydrogens (tertiary/aromatic N) is 1. The monoisotopic (exact) mass is 378 g/mol. The van der Waals surface area contributed by atoms with Gasteiger partial charge >= 0.3 is 0 Å². The number of methoxy groups -OCH3 is 1. The summed E-state index contributed by atoms with van der Waals surface area (Å²) in [4.78, 5) is 16.3. The lowest BCUT2D eigenvalue weighted by Gasteiger charge is -2.14. The van der Waals surface area contributed by atoms with E-state index in [1.807, 2.05) is 12.1 Å². The van der Waals surface area contributed by atoms with Gasteiger partial charge in [0.15, 0.2) is 17.2 Å². The molecule has 3 aromatic rings. The van der Waals surface area contributed by atoms with Crippen molar-refractivity contribution in [1.82, 2.24) is 5.48 Å². The number of benzene rings is 3. The van der Waals surface area contributed by atoms with Crippen molar-refractivity contribution in [1.29, 1.82) is 0 Å². The molecule has 0 radical (unpaired) electrons. The Hall–Kier alpha value is -3.71. The largest absolute Gasteiger partial charge is 0.493 e. The van der Waals surface area contributed by atoms with Gasteiger partial charge in [0.05, 0.1) is 18.4 Å². The molecule has 0 saturated carbocycles. The number of fused-ring (bicyclic) bond motifs is 2. The van der Waals surface area contributed by atoms with E-state index in [1.165, 1.54) is 31.4 Å². The van der Waals surface area contributed by atoms with Crippen LogP contribution in [0, 0.1) is 5.82 Å². The van der Waals surface area contributed by atoms with Gasteiger partial charge in [-0.2, -0.15) is 0 Å². The number of carbonyl (C=O) groups excluding carboxylic acids is 1. The minimum Gasteiger partial charge on any atom is -0.493 e. The molecule has 0 spiro atoms. The van der Waals surface area contributed by atoms with Gasteiger partial charge in [0.2, 0.25) is 0 Å². The summed E-state index contributed by atoms with van der Waals surface area (Å²) in [5.74, 6) is -0.00863. The number of carbonyl (C=O) groups is 1. The molecular formula is C21H15FN2O4. The first-order valence-electron chi connectivity index (χ1n) is 8.39. The Bertz CT molecular complexity index is 1090. The van der Waals surface area contributed by atoms with E-state index in [1.54, 1.807) is 29.7 Å². The van der Waals surface area contributed by atoms with Crippen LogP contribution in [0.4, 0.5) is 10.1 Å². The first-order chi connectivity index (χ1) is 13.6. The van der Waals surface area contributed by atoms with Crippen LogP contribution >= 0.6 is 0 Å². The van der Waals surface area contributed by atoms with Crippen molar-refractivity contribution >= 4 is 17.3 Å². The van der Waals surface area contributed by atoms with Gasteiger partial charge in [-0.3, -0.25) is 10.0 Å². The van der Waals surface area contributed by atoms with E-state index in [-0.39, 0.29) is 11.3 Å². The minimum atomic E-state index is -0.629. The normalized spacial score (nSPS) is 12.0. The molecule has 0 saturated heterocycles. The van der Waals surface area contributed by atoms with Gasteiger partial charge in [-0.25, -0.2) is 14.9 Å². The first kappa shape index (κ1) is 17.7. The third-order valence-electron chi connectivity index (χ3n) is 4.33. The standard InChI is InChI=1S/C21H15FN2O4/c1-27-18-11-14(22)10-15-19(12-6-8-13(9-7-12)21(25)24-26)23-16-4-2-3-5-17(16)28-20(15)18/h2-11,26H,1H3,(H,24,25). The van der Waals surface area contributed by atoms with E-state index in [9.17, 15) is 9.18 Å². The van der Waals surface area contributed by atoms with Gasteiger partial charge in [-0.15, -0.1) is 0 Å². The second-order valence-electron chi connectivity index (χ2n) is 6.03. The van der Waals surface area contributed by atoms with Gasteiger partial charge in [-0.1, -0.05) is 24.3 Å². The molecule has 0 bridgehead atoms. The summed E-state index contributed by atoms with van der Waals surface area (Å²) >= 11 is 0. The fourth-order valence-electron chi connectivity index (χ4n) is 2.99. The maximum absolute atomic E-state index is 14.2. The third kappa shape index (κ3) is 3.08. The van der Waals surface area contributed by atoms with Crippen LogP contribution in [0.25, 0.3) is 0 Å². The number of hydrogen-bond donors (Lipinski definition) is 2. The van der Waals surface area contributed by atoms with Gasteiger partial charge < -0.3 is 9.47 Å². The highest BCUT2D eigenvalue weighted by Gasteiger charge is 2.24. The fraction of sp³-hybridized carbons (Fsp3) is 0.0476. The van der Waals surface area contributed by atoms with E-state index >= 15 is 0 Å². The van der Waals surface area contributed by atoms with Crippen molar-refractivity contribution in [3.63, 3.8) is 0 Å². The van der Waals surface area contributed by atoms with Crippen molar-refractivity contribution in [2.24, 2.45) is 4.99 Å². The maximum atomic E-state index is 14.2. The van der Waals surface area contributed by atoms with Crippen molar-refractivity contribution in [3.05, 3.63) is 83.2 Å². The minimum absolute atomic E-state index is 0.246. The first-order valence-corrected chi connectivity index (χ1v) is 8.39. The fourth-order valence-corrected chi connectivity index (χ4v) is 2.99. The highest BCUT2D eigenvalue weighted by atomic mass is 19.1. The van der Waals surface area contributed by atoms with Crippen LogP contribution in [-0.4, -0.2) is 23.9 Å². The number of aliphatic imine (C=N–C) groups is 1. The van der Waals surface area contributed by atoms with Gasteiger partial charge in [0.1, 0.15) is 11.5 Å². The van der Waals surface area contributed by atoms with Crippen LogP contribution in [-0.2, 0) is 0 Å². The molecule has 0 atom stereocenters. The molecule has 140 valence electrons. The highest BCUT2D eigenvalue weighted by molar-refractivity contribution is 6.16. The molecule has 0 aromatic heterocycles. The predicted molar refractivity (Wildman–Crippen MR) is 100 cm³/mol. The molecule has 0 aliphatic carbocycles. The van der Waals surface area contributed by atoms with E-state index in [4.69, 9.17) is 14.7 Å². The van der Waals surface area contributed by atoms with Crippen LogP contribution in [0.3, 0.4) is 0 Å². The molecule has 1 amide bonds. The molecule has 1 aliphatic heterocycles. The molecule has 0 unspecified atom stereocenters. The molecule has 1 heterocycles. The Kier molecular flexibility index (Phi) is 4.50. The van der Waals surface area contributed by atoms with Gasteiger partial charge in [0.25, 0.3) is 5.91 Å². The number of hydroxylamine groups is 1. The third-order valence-corrected chi connectivity index (χ3v) is 4.33.